The second-order valence-corrected chi connectivity index (χ2v) is 4.79. The maximum absolute atomic E-state index is 11.8. The first-order chi connectivity index (χ1) is 10.7. The number of ether oxygens (including phenoxy) is 1. The zero-order chi connectivity index (χ0) is 15.5. The molecule has 22 heavy (non-hydrogen) atoms. The number of methoxy groups -OCH3 is 1. The lowest BCUT2D eigenvalue weighted by Gasteiger charge is -2.00. The molecule has 3 rings (SSSR count). The summed E-state index contributed by atoms with van der Waals surface area (Å²) in [5, 5.41) is 4.33. The average Bonchev–Trinajstić information content (AvgIpc) is 3.01. The van der Waals surface area contributed by atoms with E-state index in [4.69, 9.17) is 4.74 Å². The van der Waals surface area contributed by atoms with Crippen molar-refractivity contribution in [3.63, 3.8) is 0 Å². The molecule has 1 heterocycles. The Hall–Kier alpha value is -2.95. The third-order valence-electron chi connectivity index (χ3n) is 3.27. The lowest BCUT2D eigenvalue weighted by molar-refractivity contribution is 0.0923. The summed E-state index contributed by atoms with van der Waals surface area (Å²) in [7, 11) is 1.61. The van der Waals surface area contributed by atoms with Crippen molar-refractivity contribution in [1.82, 2.24) is 14.8 Å². The molecule has 5 nitrogen and oxygen atoms in total. The van der Waals surface area contributed by atoms with E-state index in [2.05, 4.69) is 10.1 Å². The number of carbonyl (C=O) groups excluding carboxylic acids is 1. The maximum atomic E-state index is 11.8. The Morgan fingerprint density at radius 1 is 1.05 bits per heavy atom. The van der Waals surface area contributed by atoms with Crippen LogP contribution in [-0.2, 0) is 0 Å². The van der Waals surface area contributed by atoms with Crippen LogP contribution < -0.4 is 4.74 Å². The fraction of sp³-hybridized carbons (Fsp3) is 0.118. The monoisotopic (exact) mass is 293 g/mol. The highest BCUT2D eigenvalue weighted by Gasteiger charge is 2.16. The van der Waals surface area contributed by atoms with Gasteiger partial charge in [0.25, 0.3) is 0 Å². The van der Waals surface area contributed by atoms with Crippen LogP contribution in [0.5, 0.6) is 5.75 Å². The van der Waals surface area contributed by atoms with E-state index in [1.165, 1.54) is 11.6 Å². The molecule has 0 bridgehead atoms. The van der Waals surface area contributed by atoms with E-state index in [-0.39, 0.29) is 5.91 Å². The van der Waals surface area contributed by atoms with Gasteiger partial charge in [0.05, 0.1) is 7.11 Å². The Morgan fingerprint density at radius 3 is 2.45 bits per heavy atom. The largest absolute Gasteiger partial charge is 0.497 e. The van der Waals surface area contributed by atoms with Crippen molar-refractivity contribution in [2.45, 2.75) is 6.92 Å². The topological polar surface area (TPSA) is 57.0 Å². The fourth-order valence-electron chi connectivity index (χ4n) is 2.19. The lowest BCUT2D eigenvalue weighted by atomic mass is 10.2. The van der Waals surface area contributed by atoms with E-state index in [1.807, 2.05) is 54.6 Å². The van der Waals surface area contributed by atoms with Crippen LogP contribution in [0.2, 0.25) is 0 Å². The molecule has 0 fully saturated rings. The fourth-order valence-corrected chi connectivity index (χ4v) is 2.19. The van der Waals surface area contributed by atoms with Crippen LogP contribution in [0, 0.1) is 0 Å². The summed E-state index contributed by atoms with van der Waals surface area (Å²) in [6, 6.07) is 17.0. The predicted octanol–water partition coefficient (Wildman–Crippen LogP) is 3.28. The zero-order valence-corrected chi connectivity index (χ0v) is 12.4. The van der Waals surface area contributed by atoms with Crippen LogP contribution in [0.4, 0.5) is 0 Å². The average molecular weight is 293 g/mol. The third-order valence-corrected chi connectivity index (χ3v) is 3.27. The molecule has 0 aliphatic carbocycles. The molecule has 0 N–H and O–H groups in total. The summed E-state index contributed by atoms with van der Waals surface area (Å²) in [6.45, 7) is 1.47. The first-order valence-corrected chi connectivity index (χ1v) is 6.87. The minimum Gasteiger partial charge on any atom is -0.497 e. The Labute approximate surface area is 128 Å². The number of benzene rings is 2. The molecule has 5 heteroatoms. The lowest BCUT2D eigenvalue weighted by Crippen LogP contribution is -2.09. The summed E-state index contributed by atoms with van der Waals surface area (Å²) in [6.07, 6.45) is 0. The van der Waals surface area contributed by atoms with E-state index < -0.39 is 0 Å². The summed E-state index contributed by atoms with van der Waals surface area (Å²) in [5.41, 5.74) is 1.65. The summed E-state index contributed by atoms with van der Waals surface area (Å²) >= 11 is 0. The van der Waals surface area contributed by atoms with Crippen LogP contribution in [0.1, 0.15) is 11.7 Å². The van der Waals surface area contributed by atoms with Gasteiger partial charge in [0.2, 0.25) is 5.91 Å². The van der Waals surface area contributed by atoms with Crippen LogP contribution in [0.25, 0.3) is 22.8 Å². The van der Waals surface area contributed by atoms with Crippen molar-refractivity contribution >= 4 is 5.91 Å². The van der Waals surface area contributed by atoms with Gasteiger partial charge in [-0.15, -0.1) is 5.10 Å². The molecule has 3 aromatic rings. The predicted molar refractivity (Wildman–Crippen MR) is 83.7 cm³/mol. The van der Waals surface area contributed by atoms with Crippen LogP contribution in [0.15, 0.2) is 54.6 Å². The normalized spacial score (nSPS) is 10.5. The van der Waals surface area contributed by atoms with Crippen molar-refractivity contribution in [3.8, 4) is 28.5 Å². The minimum absolute atomic E-state index is 0.180. The molecular formula is C17H15N3O2. The smallest absolute Gasteiger partial charge is 0.245 e. The number of hydrogen-bond acceptors (Lipinski definition) is 4. The first-order valence-electron chi connectivity index (χ1n) is 6.87. The summed E-state index contributed by atoms with van der Waals surface area (Å²) < 4.78 is 6.54. The van der Waals surface area contributed by atoms with Gasteiger partial charge < -0.3 is 4.74 Å². The van der Waals surface area contributed by atoms with E-state index in [0.29, 0.717) is 11.6 Å². The van der Waals surface area contributed by atoms with Gasteiger partial charge in [-0.05, 0) is 12.1 Å². The number of rotatable bonds is 3. The molecule has 0 amide bonds. The van der Waals surface area contributed by atoms with Gasteiger partial charge in [-0.2, -0.15) is 4.68 Å². The molecule has 0 atom stereocenters. The van der Waals surface area contributed by atoms with E-state index in [1.54, 1.807) is 7.11 Å². The Kier molecular flexibility index (Phi) is 3.70. The van der Waals surface area contributed by atoms with Gasteiger partial charge in [0, 0.05) is 18.1 Å². The van der Waals surface area contributed by atoms with Gasteiger partial charge in [0.1, 0.15) is 5.75 Å². The van der Waals surface area contributed by atoms with Crippen LogP contribution in [0.3, 0.4) is 0 Å². The van der Waals surface area contributed by atoms with Gasteiger partial charge in [-0.1, -0.05) is 42.5 Å². The van der Waals surface area contributed by atoms with Crippen molar-refractivity contribution in [1.29, 1.82) is 0 Å². The summed E-state index contributed by atoms with van der Waals surface area (Å²) in [5.74, 6) is 1.57. The van der Waals surface area contributed by atoms with Gasteiger partial charge in [-0.25, -0.2) is 4.98 Å². The molecule has 0 radical (unpaired) electrons. The van der Waals surface area contributed by atoms with Crippen molar-refractivity contribution < 1.29 is 9.53 Å². The molecule has 0 spiro atoms. The van der Waals surface area contributed by atoms with Gasteiger partial charge in [0.15, 0.2) is 11.6 Å². The molecule has 1 aromatic heterocycles. The number of hydrogen-bond donors (Lipinski definition) is 0. The quantitative estimate of drug-likeness (QED) is 0.743. The standard InChI is InChI=1S/C17H15N3O2/c1-12(21)20-17(13-7-4-3-5-8-13)18-16(19-20)14-9-6-10-15(11-14)22-2/h3-11H,1-2H3. The van der Waals surface area contributed by atoms with Crippen molar-refractivity contribution in [2.75, 3.05) is 7.11 Å². The van der Waals surface area contributed by atoms with E-state index >= 15 is 0 Å². The van der Waals surface area contributed by atoms with Crippen molar-refractivity contribution in [2.24, 2.45) is 0 Å². The van der Waals surface area contributed by atoms with Crippen LogP contribution in [-0.4, -0.2) is 27.8 Å². The highest BCUT2D eigenvalue weighted by molar-refractivity contribution is 5.81. The van der Waals surface area contributed by atoms with E-state index in [9.17, 15) is 4.79 Å². The van der Waals surface area contributed by atoms with Crippen LogP contribution >= 0.6 is 0 Å². The number of carbonyl (C=O) groups is 1. The molecule has 0 aliphatic heterocycles. The Balaban J connectivity index is 2.13. The SMILES string of the molecule is COc1cccc(-c2nc(-c3ccccc3)n(C(C)=O)n2)c1. The highest BCUT2D eigenvalue weighted by Crippen LogP contribution is 2.24. The minimum atomic E-state index is -0.180. The maximum Gasteiger partial charge on any atom is 0.245 e. The van der Waals surface area contributed by atoms with Crippen molar-refractivity contribution in [3.05, 3.63) is 54.6 Å². The second kappa shape index (κ2) is 5.81. The number of nitrogens with zero attached hydrogens (tertiary/aromatic N) is 3. The van der Waals surface area contributed by atoms with Gasteiger partial charge >= 0.3 is 0 Å². The molecule has 110 valence electrons. The molecule has 0 aliphatic rings. The molecular weight excluding hydrogens is 278 g/mol. The third kappa shape index (κ3) is 2.61. The number of aromatic nitrogens is 3. The zero-order valence-electron chi connectivity index (χ0n) is 12.4. The molecule has 0 saturated heterocycles. The second-order valence-electron chi connectivity index (χ2n) is 4.79. The van der Waals surface area contributed by atoms with E-state index in [0.717, 1.165) is 16.9 Å². The Morgan fingerprint density at radius 2 is 1.77 bits per heavy atom. The highest BCUT2D eigenvalue weighted by atomic mass is 16.5. The first kappa shape index (κ1) is 14.0. The van der Waals surface area contributed by atoms with Gasteiger partial charge in [-0.3, -0.25) is 4.79 Å². The summed E-state index contributed by atoms with van der Waals surface area (Å²) in [4.78, 5) is 16.4. The molecule has 2 aromatic carbocycles. The molecule has 0 saturated carbocycles. The molecule has 0 unspecified atom stereocenters. The Bertz CT molecular complexity index is 810.